The Morgan fingerprint density at radius 1 is 0.363 bits per heavy atom. The zero-order valence-corrected chi connectivity index (χ0v) is 60.6. The van der Waals surface area contributed by atoms with Gasteiger partial charge in [0.15, 0.2) is 6.29 Å². The van der Waals surface area contributed by atoms with Crippen molar-refractivity contribution in [3.8, 4) is 0 Å². The molecule has 9 nitrogen and oxygen atoms in total. The molecule has 1 rings (SSSR count). The molecule has 0 aromatic rings. The number of allylic oxidation sites excluding steroid dienone is 5. The van der Waals surface area contributed by atoms with Crippen LogP contribution in [0.15, 0.2) is 36.5 Å². The number of hydrogen-bond acceptors (Lipinski definition) is 8. The van der Waals surface area contributed by atoms with Crippen molar-refractivity contribution < 1.29 is 39.8 Å². The summed E-state index contributed by atoms with van der Waals surface area (Å²) in [4.78, 5) is 13.2. The fraction of sp³-hybridized carbons (Fsp3) is 0.915. The van der Waals surface area contributed by atoms with Gasteiger partial charge in [-0.1, -0.05) is 397 Å². The number of carbonyl (C=O) groups excluding carboxylic acids is 1. The summed E-state index contributed by atoms with van der Waals surface area (Å²) in [6.07, 6.45) is 90.3. The molecule has 7 atom stereocenters. The molecule has 6 N–H and O–H groups in total. The normalized spacial score (nSPS) is 17.8. The number of nitrogens with one attached hydrogen (secondary N) is 1. The summed E-state index contributed by atoms with van der Waals surface area (Å²) in [7, 11) is 0. The van der Waals surface area contributed by atoms with Crippen molar-refractivity contribution in [2.24, 2.45) is 0 Å². The summed E-state index contributed by atoms with van der Waals surface area (Å²) < 4.78 is 11.3. The summed E-state index contributed by atoms with van der Waals surface area (Å²) >= 11 is 0. The van der Waals surface area contributed by atoms with Gasteiger partial charge in [0.1, 0.15) is 24.4 Å². The number of rotatable bonds is 73. The van der Waals surface area contributed by atoms with Crippen LogP contribution in [-0.2, 0) is 14.3 Å². The minimum absolute atomic E-state index is 0.177. The Morgan fingerprint density at radius 3 is 0.923 bits per heavy atom. The summed E-state index contributed by atoms with van der Waals surface area (Å²) in [6.45, 7) is 3.83. The van der Waals surface area contributed by atoms with Gasteiger partial charge in [-0.2, -0.15) is 0 Å². The molecular formula is C82H157NO8. The maximum absolute atomic E-state index is 13.2. The number of ether oxygens (including phenoxy) is 2. The van der Waals surface area contributed by atoms with E-state index in [1.807, 2.05) is 6.08 Å². The number of unbranched alkanes of at least 4 members (excludes halogenated alkanes) is 59. The summed E-state index contributed by atoms with van der Waals surface area (Å²) in [5.74, 6) is -0.177. The number of amides is 1. The SMILES string of the molecule is CCCCCCCCCC/C=C\CCCCCCCCCCCCCCCCCCCCCCCCCCCC(=O)NC(COC1OC(CO)C(O)C(O)C1O)C(O)/C=C/CC/C=C/CCCCCCCCCCCCCCCCCCCCCCCCCCC. The van der Waals surface area contributed by atoms with Gasteiger partial charge in [0.2, 0.25) is 5.91 Å². The molecule has 0 aromatic carbocycles. The quantitative estimate of drug-likeness (QED) is 0.0261. The molecule has 7 unspecified atom stereocenters. The first-order chi connectivity index (χ1) is 44.8. The molecule has 0 saturated carbocycles. The van der Waals surface area contributed by atoms with Crippen LogP contribution in [0, 0.1) is 0 Å². The van der Waals surface area contributed by atoms with E-state index in [1.54, 1.807) is 6.08 Å². The fourth-order valence-electron chi connectivity index (χ4n) is 13.4. The molecule has 0 bridgehead atoms. The van der Waals surface area contributed by atoms with Gasteiger partial charge in [0.05, 0.1) is 25.4 Å². The summed E-state index contributed by atoms with van der Waals surface area (Å²) in [5, 5.41) is 54.9. The highest BCUT2D eigenvalue weighted by molar-refractivity contribution is 5.76. The van der Waals surface area contributed by atoms with Crippen molar-refractivity contribution in [1.82, 2.24) is 5.32 Å². The largest absolute Gasteiger partial charge is 0.394 e. The standard InChI is InChI=1S/C82H157NO8/c1-3-5-7-9-11-13-15-17-19-21-23-25-27-29-31-33-35-36-37-38-39-40-42-44-46-48-50-52-54-56-58-60-62-64-66-68-70-72-78(86)83-75(74-90-82-81(89)80(88)79(87)77(73-84)91-82)76(85)71-69-67-65-63-61-59-57-55-53-51-49-47-45-43-41-34-32-30-28-26-24-22-20-18-16-14-12-10-8-6-4-2/h21,23,61,63,69,71,75-77,79-82,84-85,87-89H,3-20,22,24-60,62,64-68,70,72-74H2,1-2H3,(H,83,86)/b23-21-,63-61+,71-69+. The van der Waals surface area contributed by atoms with E-state index in [0.717, 1.165) is 38.5 Å². The van der Waals surface area contributed by atoms with Gasteiger partial charge < -0.3 is 40.3 Å². The highest BCUT2D eigenvalue weighted by atomic mass is 16.7. The van der Waals surface area contributed by atoms with Crippen molar-refractivity contribution in [2.45, 2.75) is 468 Å². The Balaban J connectivity index is 2.06. The lowest BCUT2D eigenvalue weighted by molar-refractivity contribution is -0.302. The van der Waals surface area contributed by atoms with Crippen molar-refractivity contribution in [3.05, 3.63) is 36.5 Å². The summed E-state index contributed by atoms with van der Waals surface area (Å²) in [6, 6.07) is -0.822. The highest BCUT2D eigenvalue weighted by Crippen LogP contribution is 2.24. The molecule has 1 saturated heterocycles. The Hall–Kier alpha value is -1.59. The second kappa shape index (κ2) is 71.2. The maximum atomic E-state index is 13.2. The van der Waals surface area contributed by atoms with Crippen molar-refractivity contribution in [3.63, 3.8) is 0 Å². The second-order valence-electron chi connectivity index (χ2n) is 28.6. The molecule has 91 heavy (non-hydrogen) atoms. The smallest absolute Gasteiger partial charge is 0.220 e. The average molecular weight is 1290 g/mol. The third-order valence-electron chi connectivity index (χ3n) is 19.7. The van der Waals surface area contributed by atoms with Gasteiger partial charge in [-0.15, -0.1) is 0 Å². The van der Waals surface area contributed by atoms with Crippen LogP contribution in [-0.4, -0.2) is 87.5 Å². The Morgan fingerprint density at radius 2 is 0.626 bits per heavy atom. The number of carbonyl (C=O) groups is 1. The fourth-order valence-corrected chi connectivity index (χ4v) is 13.4. The zero-order chi connectivity index (χ0) is 65.7. The first kappa shape index (κ1) is 87.4. The number of hydrogen-bond donors (Lipinski definition) is 6. The van der Waals surface area contributed by atoms with Crippen LogP contribution in [0.1, 0.15) is 425 Å². The van der Waals surface area contributed by atoms with Crippen LogP contribution >= 0.6 is 0 Å². The molecule has 1 aliphatic heterocycles. The van der Waals surface area contributed by atoms with Gasteiger partial charge in [-0.25, -0.2) is 0 Å². The number of aliphatic hydroxyl groups is 5. The van der Waals surface area contributed by atoms with E-state index >= 15 is 0 Å². The van der Waals surface area contributed by atoms with Crippen molar-refractivity contribution in [2.75, 3.05) is 13.2 Å². The van der Waals surface area contributed by atoms with Crippen LogP contribution in [0.25, 0.3) is 0 Å². The molecule has 1 fully saturated rings. The maximum Gasteiger partial charge on any atom is 0.220 e. The van der Waals surface area contributed by atoms with E-state index in [4.69, 9.17) is 9.47 Å². The first-order valence-corrected chi connectivity index (χ1v) is 40.7. The van der Waals surface area contributed by atoms with Crippen molar-refractivity contribution >= 4 is 5.91 Å². The second-order valence-corrected chi connectivity index (χ2v) is 28.6. The van der Waals surface area contributed by atoms with Gasteiger partial charge in [-0.05, 0) is 57.8 Å². The zero-order valence-electron chi connectivity index (χ0n) is 60.6. The molecule has 0 radical (unpaired) electrons. The molecular weight excluding hydrogens is 1130 g/mol. The van der Waals surface area contributed by atoms with E-state index in [0.29, 0.717) is 6.42 Å². The first-order valence-electron chi connectivity index (χ1n) is 40.7. The molecule has 0 spiro atoms. The summed E-state index contributed by atoms with van der Waals surface area (Å²) in [5.41, 5.74) is 0. The van der Waals surface area contributed by atoms with E-state index in [-0.39, 0.29) is 12.5 Å². The van der Waals surface area contributed by atoms with E-state index in [9.17, 15) is 30.3 Å². The predicted octanol–water partition coefficient (Wildman–Crippen LogP) is 23.3. The van der Waals surface area contributed by atoms with Gasteiger partial charge in [0.25, 0.3) is 0 Å². The number of aliphatic hydroxyl groups excluding tert-OH is 5. The van der Waals surface area contributed by atoms with Crippen LogP contribution < -0.4 is 5.32 Å². The molecule has 1 amide bonds. The topological polar surface area (TPSA) is 149 Å². The molecule has 538 valence electrons. The molecule has 1 heterocycles. The van der Waals surface area contributed by atoms with Crippen LogP contribution in [0.4, 0.5) is 0 Å². The molecule has 1 aliphatic rings. The monoisotopic (exact) mass is 1280 g/mol. The van der Waals surface area contributed by atoms with Crippen LogP contribution in [0.5, 0.6) is 0 Å². The molecule has 0 aromatic heterocycles. The van der Waals surface area contributed by atoms with E-state index in [2.05, 4.69) is 43.5 Å². The Kier molecular flexibility index (Phi) is 68.4. The third-order valence-corrected chi connectivity index (χ3v) is 19.7. The van der Waals surface area contributed by atoms with Crippen LogP contribution in [0.2, 0.25) is 0 Å². The molecule has 9 heteroatoms. The lowest BCUT2D eigenvalue weighted by Crippen LogP contribution is -2.60. The average Bonchev–Trinajstić information content (AvgIpc) is 1.70. The lowest BCUT2D eigenvalue weighted by atomic mass is 9.99. The van der Waals surface area contributed by atoms with Gasteiger partial charge in [0, 0.05) is 6.42 Å². The minimum atomic E-state index is -1.57. The lowest BCUT2D eigenvalue weighted by Gasteiger charge is -2.40. The Labute approximate surface area is 565 Å². The third kappa shape index (κ3) is 59.4. The minimum Gasteiger partial charge on any atom is -0.394 e. The Bertz CT molecular complexity index is 1540. The van der Waals surface area contributed by atoms with E-state index in [1.165, 1.54) is 366 Å². The highest BCUT2D eigenvalue weighted by Gasteiger charge is 2.44. The van der Waals surface area contributed by atoms with Gasteiger partial charge in [-0.3, -0.25) is 4.79 Å². The molecule has 0 aliphatic carbocycles. The predicted molar refractivity (Wildman–Crippen MR) is 392 cm³/mol. The van der Waals surface area contributed by atoms with Gasteiger partial charge >= 0.3 is 0 Å². The van der Waals surface area contributed by atoms with Crippen molar-refractivity contribution in [1.29, 1.82) is 0 Å². The van der Waals surface area contributed by atoms with Crippen LogP contribution in [0.3, 0.4) is 0 Å². The van der Waals surface area contributed by atoms with E-state index < -0.39 is 49.5 Å².